The van der Waals surface area contributed by atoms with Crippen molar-refractivity contribution in [1.82, 2.24) is 15.2 Å². The van der Waals surface area contributed by atoms with E-state index in [1.54, 1.807) is 4.90 Å². The molecule has 162 valence electrons. The first kappa shape index (κ1) is 22.3. The van der Waals surface area contributed by atoms with E-state index in [9.17, 15) is 4.79 Å². The fraction of sp³-hybridized carbons (Fsp3) is 0.520. The van der Waals surface area contributed by atoms with Gasteiger partial charge in [-0.2, -0.15) is 0 Å². The number of hydrogen-bond donors (Lipinski definition) is 1. The molecule has 30 heavy (non-hydrogen) atoms. The number of rotatable bonds is 5. The molecule has 0 bridgehead atoms. The summed E-state index contributed by atoms with van der Waals surface area (Å²) in [5.74, 6) is 0. The molecule has 1 aliphatic rings. The van der Waals surface area contributed by atoms with Crippen molar-refractivity contribution in [2.45, 2.75) is 77.6 Å². The van der Waals surface area contributed by atoms with Gasteiger partial charge in [-0.3, -0.25) is 4.98 Å². The molecule has 2 aromatic rings. The smallest absolute Gasteiger partial charge is 0.410 e. The zero-order valence-corrected chi connectivity index (χ0v) is 18.9. The van der Waals surface area contributed by atoms with E-state index in [4.69, 9.17) is 4.74 Å². The van der Waals surface area contributed by atoms with Crippen LogP contribution in [-0.4, -0.2) is 40.7 Å². The summed E-state index contributed by atoms with van der Waals surface area (Å²) in [6.45, 7) is 8.58. The van der Waals surface area contributed by atoms with Gasteiger partial charge < -0.3 is 15.0 Å². The lowest BCUT2D eigenvalue weighted by Gasteiger charge is -2.35. The molecule has 0 saturated heterocycles. The molecule has 1 N–H and O–H groups in total. The minimum Gasteiger partial charge on any atom is -0.444 e. The summed E-state index contributed by atoms with van der Waals surface area (Å²) in [4.78, 5) is 18.5. The van der Waals surface area contributed by atoms with Crippen LogP contribution >= 0.6 is 0 Å². The van der Waals surface area contributed by atoms with Crippen molar-refractivity contribution in [3.8, 4) is 11.1 Å². The molecule has 1 heterocycles. The topological polar surface area (TPSA) is 54.5 Å². The Morgan fingerprint density at radius 1 is 1.13 bits per heavy atom. The fourth-order valence-electron chi connectivity index (χ4n) is 3.91. The van der Waals surface area contributed by atoms with Gasteiger partial charge in [0.15, 0.2) is 0 Å². The van der Waals surface area contributed by atoms with Crippen molar-refractivity contribution in [3.05, 3.63) is 53.9 Å². The first-order valence-electron chi connectivity index (χ1n) is 10.9. The van der Waals surface area contributed by atoms with Crippen LogP contribution in [0.3, 0.4) is 0 Å². The third-order valence-electron chi connectivity index (χ3n) is 5.69. The monoisotopic (exact) mass is 409 g/mol. The van der Waals surface area contributed by atoms with Gasteiger partial charge in [0.2, 0.25) is 0 Å². The largest absolute Gasteiger partial charge is 0.444 e. The molecule has 1 saturated carbocycles. The summed E-state index contributed by atoms with van der Waals surface area (Å²) in [6.07, 6.45) is 5.86. The van der Waals surface area contributed by atoms with E-state index in [1.807, 2.05) is 47.0 Å². The van der Waals surface area contributed by atoms with Gasteiger partial charge in [-0.1, -0.05) is 24.3 Å². The number of nitrogens with zero attached hydrogens (tertiary/aromatic N) is 2. The van der Waals surface area contributed by atoms with Gasteiger partial charge in [-0.05, 0) is 76.6 Å². The second-order valence-electron chi connectivity index (χ2n) is 9.37. The number of hydrogen-bond acceptors (Lipinski definition) is 4. The molecule has 0 radical (unpaired) electrons. The van der Waals surface area contributed by atoms with Crippen LogP contribution < -0.4 is 5.32 Å². The molecule has 1 aromatic heterocycles. The zero-order chi connectivity index (χ0) is 21.7. The van der Waals surface area contributed by atoms with Crippen molar-refractivity contribution < 1.29 is 9.53 Å². The summed E-state index contributed by atoms with van der Waals surface area (Å²) in [5, 5.41) is 3.70. The standard InChI is InChI=1S/C25H35N3O2/c1-18-9-10-21(17-26-18)20-8-6-7-19(15-20)16-27-22-11-13-23(14-12-22)28(5)24(29)30-25(2,3)4/h6-10,15,17,22-23,27H,11-14,16H2,1-5H3. The number of nitrogens with one attached hydrogen (secondary N) is 1. The molecule has 1 amide bonds. The number of aryl methyl sites for hydroxylation is 1. The highest BCUT2D eigenvalue weighted by atomic mass is 16.6. The van der Waals surface area contributed by atoms with Crippen molar-refractivity contribution >= 4 is 6.09 Å². The lowest BCUT2D eigenvalue weighted by Crippen LogP contribution is -2.44. The van der Waals surface area contributed by atoms with E-state index < -0.39 is 5.60 Å². The Morgan fingerprint density at radius 3 is 2.50 bits per heavy atom. The maximum Gasteiger partial charge on any atom is 0.410 e. The molecule has 0 aliphatic heterocycles. The second kappa shape index (κ2) is 9.61. The molecule has 1 fully saturated rings. The van der Waals surface area contributed by atoms with E-state index >= 15 is 0 Å². The number of carbonyl (C=O) groups is 1. The molecule has 0 atom stereocenters. The quantitative estimate of drug-likeness (QED) is 0.726. The Kier molecular flexibility index (Phi) is 7.14. The summed E-state index contributed by atoms with van der Waals surface area (Å²) in [6, 6.07) is 13.6. The fourth-order valence-corrected chi connectivity index (χ4v) is 3.91. The minimum absolute atomic E-state index is 0.221. The summed E-state index contributed by atoms with van der Waals surface area (Å²) in [5.41, 5.74) is 4.20. The predicted molar refractivity (Wildman–Crippen MR) is 121 cm³/mol. The molecular weight excluding hydrogens is 374 g/mol. The van der Waals surface area contributed by atoms with Gasteiger partial charge in [0.05, 0.1) is 0 Å². The number of pyridine rings is 1. The number of carbonyl (C=O) groups excluding carboxylic acids is 1. The van der Waals surface area contributed by atoms with Gasteiger partial charge >= 0.3 is 6.09 Å². The first-order valence-corrected chi connectivity index (χ1v) is 10.9. The third-order valence-corrected chi connectivity index (χ3v) is 5.69. The molecule has 0 unspecified atom stereocenters. The van der Waals surface area contributed by atoms with Crippen LogP contribution in [0.5, 0.6) is 0 Å². The number of benzene rings is 1. The van der Waals surface area contributed by atoms with Crippen molar-refractivity contribution in [2.24, 2.45) is 0 Å². The SMILES string of the molecule is Cc1ccc(-c2cccc(CNC3CCC(N(C)C(=O)OC(C)(C)C)CC3)c2)cn1. The van der Waals surface area contributed by atoms with Gasteiger partial charge in [0.1, 0.15) is 5.60 Å². The van der Waals surface area contributed by atoms with Gasteiger partial charge in [0, 0.05) is 43.1 Å². The average Bonchev–Trinajstić information content (AvgIpc) is 2.71. The van der Waals surface area contributed by atoms with E-state index in [1.165, 1.54) is 11.1 Å². The van der Waals surface area contributed by atoms with E-state index in [2.05, 4.69) is 40.6 Å². The molecule has 5 heteroatoms. The highest BCUT2D eigenvalue weighted by Gasteiger charge is 2.29. The lowest BCUT2D eigenvalue weighted by molar-refractivity contribution is 0.0179. The average molecular weight is 410 g/mol. The van der Waals surface area contributed by atoms with Crippen LogP contribution in [0.25, 0.3) is 11.1 Å². The molecule has 3 rings (SSSR count). The van der Waals surface area contributed by atoms with Crippen molar-refractivity contribution in [3.63, 3.8) is 0 Å². The highest BCUT2D eigenvalue weighted by molar-refractivity contribution is 5.68. The van der Waals surface area contributed by atoms with Crippen LogP contribution in [0, 0.1) is 6.92 Å². The van der Waals surface area contributed by atoms with Crippen LogP contribution in [-0.2, 0) is 11.3 Å². The minimum atomic E-state index is -0.451. The summed E-state index contributed by atoms with van der Waals surface area (Å²) < 4.78 is 5.51. The van der Waals surface area contributed by atoms with Crippen LogP contribution in [0.1, 0.15) is 57.7 Å². The number of amides is 1. The first-order chi connectivity index (χ1) is 14.2. The maximum absolute atomic E-state index is 12.3. The van der Waals surface area contributed by atoms with E-state index in [0.29, 0.717) is 6.04 Å². The van der Waals surface area contributed by atoms with Crippen molar-refractivity contribution in [1.29, 1.82) is 0 Å². The summed E-state index contributed by atoms with van der Waals surface area (Å²) >= 11 is 0. The normalized spacial score (nSPS) is 19.4. The third kappa shape index (κ3) is 6.30. The molecular formula is C25H35N3O2. The molecule has 1 aromatic carbocycles. The van der Waals surface area contributed by atoms with Crippen LogP contribution in [0.15, 0.2) is 42.6 Å². The summed E-state index contributed by atoms with van der Waals surface area (Å²) in [7, 11) is 1.86. The molecule has 5 nitrogen and oxygen atoms in total. The molecule has 1 aliphatic carbocycles. The second-order valence-corrected chi connectivity index (χ2v) is 9.37. The Balaban J connectivity index is 1.48. The Labute approximate surface area is 180 Å². The van der Waals surface area contributed by atoms with Gasteiger partial charge in [0.25, 0.3) is 0 Å². The van der Waals surface area contributed by atoms with Gasteiger partial charge in [-0.15, -0.1) is 0 Å². The number of aromatic nitrogens is 1. The Morgan fingerprint density at radius 2 is 1.87 bits per heavy atom. The number of ether oxygens (including phenoxy) is 1. The Hall–Kier alpha value is -2.40. The zero-order valence-electron chi connectivity index (χ0n) is 18.9. The molecule has 0 spiro atoms. The predicted octanol–water partition coefficient (Wildman–Crippen LogP) is 5.32. The van der Waals surface area contributed by atoms with Crippen molar-refractivity contribution in [2.75, 3.05) is 7.05 Å². The van der Waals surface area contributed by atoms with E-state index in [-0.39, 0.29) is 12.1 Å². The maximum atomic E-state index is 12.3. The van der Waals surface area contributed by atoms with Gasteiger partial charge in [-0.25, -0.2) is 4.79 Å². The van der Waals surface area contributed by atoms with E-state index in [0.717, 1.165) is 43.5 Å². The Bertz CT molecular complexity index is 834. The van der Waals surface area contributed by atoms with Crippen LogP contribution in [0.2, 0.25) is 0 Å². The highest BCUT2D eigenvalue weighted by Crippen LogP contribution is 2.25. The lowest BCUT2D eigenvalue weighted by atomic mass is 9.90. The van der Waals surface area contributed by atoms with Crippen LogP contribution in [0.4, 0.5) is 4.79 Å².